The first-order valence-corrected chi connectivity index (χ1v) is 28.7. The quantitative estimate of drug-likeness (QED) is 0.0248. The summed E-state index contributed by atoms with van der Waals surface area (Å²) in [6.45, 7) is 0.320. The molecule has 0 saturated carbocycles. The minimum Gasteiger partial charge on any atom is -0.507 e. The predicted molar refractivity (Wildman–Crippen MR) is 302 cm³/mol. The molecular weight excluding hydrogens is 1210 g/mol. The number of rotatable bonds is 27. The van der Waals surface area contributed by atoms with E-state index in [0.29, 0.717) is 11.1 Å². The number of carbonyl (C=O) groups is 9. The van der Waals surface area contributed by atoms with Crippen molar-refractivity contribution in [1.82, 2.24) is 16.0 Å². The molecule has 0 spiro atoms. The Balaban J connectivity index is 0.921. The third-order valence-electron chi connectivity index (χ3n) is 16.4. The van der Waals surface area contributed by atoms with Gasteiger partial charge < -0.3 is 116 Å². The molecule has 32 heteroatoms. The topological polar surface area (TPSA) is 534 Å². The number of hydrogen-bond acceptors (Lipinski definition) is 28. The van der Waals surface area contributed by atoms with Crippen LogP contribution in [0.4, 0.5) is 4.79 Å². The van der Waals surface area contributed by atoms with Gasteiger partial charge in [0.15, 0.2) is 41.8 Å². The first-order valence-electron chi connectivity index (χ1n) is 28.7. The molecule has 2 saturated heterocycles. The van der Waals surface area contributed by atoms with E-state index >= 15 is 0 Å². The molecule has 0 radical (unpaired) electrons. The first-order chi connectivity index (χ1) is 42.9. The zero-order valence-corrected chi connectivity index (χ0v) is 49.4. The number of phenols is 2. The van der Waals surface area contributed by atoms with E-state index in [-0.39, 0.29) is 47.5 Å². The molecule has 4 amide bonds. The molecule has 18 atom stereocenters. The highest BCUT2D eigenvalue weighted by molar-refractivity contribution is 6.31. The van der Waals surface area contributed by atoms with Gasteiger partial charge in [0, 0.05) is 54.7 Å². The van der Waals surface area contributed by atoms with Gasteiger partial charge in [0.25, 0.3) is 5.91 Å². The average molecular weight is 1290 g/mol. The number of phenolic OH excluding ortho intramolecular Hbond substituents is 2. The molecule has 2 fully saturated rings. The van der Waals surface area contributed by atoms with Crippen LogP contribution >= 0.6 is 0 Å². The number of primary amides is 1. The Labute approximate surface area is 517 Å². The minimum absolute atomic E-state index is 0.00385. The normalized spacial score (nSPS) is 26.8. The van der Waals surface area contributed by atoms with Gasteiger partial charge in [-0.2, -0.15) is 0 Å². The van der Waals surface area contributed by atoms with Gasteiger partial charge in [0.05, 0.1) is 73.8 Å². The summed E-state index contributed by atoms with van der Waals surface area (Å²) >= 11 is 0. The maximum atomic E-state index is 14.1. The number of methoxy groups -OCH3 is 1. The summed E-state index contributed by atoms with van der Waals surface area (Å²) < 4.78 is 33.3. The third-order valence-corrected chi connectivity index (χ3v) is 16.4. The molecule has 7 rings (SSSR count). The van der Waals surface area contributed by atoms with Crippen molar-refractivity contribution in [3.63, 3.8) is 0 Å². The molecule has 18 N–H and O–H groups in total. The number of hydrogen-bond donors (Lipinski definition) is 17. The number of ether oxygens (including phenoxy) is 6. The molecule has 0 bridgehead atoms. The molecule has 91 heavy (non-hydrogen) atoms. The minimum atomic E-state index is -2.51. The van der Waals surface area contributed by atoms with Crippen LogP contribution in [0.25, 0.3) is 0 Å². The van der Waals surface area contributed by atoms with Crippen LogP contribution in [0.15, 0.2) is 42.5 Å². The van der Waals surface area contributed by atoms with Crippen molar-refractivity contribution < 1.29 is 138 Å². The van der Waals surface area contributed by atoms with Crippen molar-refractivity contribution in [2.75, 3.05) is 26.9 Å². The fraction of sp³-hybridized carbons (Fsp3) is 0.542. The number of nitrogens with two attached hydrogens (primary N) is 1. The van der Waals surface area contributed by atoms with Crippen molar-refractivity contribution in [3.8, 4) is 17.2 Å². The molecule has 2 aliphatic carbocycles. The summed E-state index contributed by atoms with van der Waals surface area (Å²) in [5.41, 5.74) is 1.52. The molecule has 3 aromatic rings. The van der Waals surface area contributed by atoms with E-state index in [0.717, 1.165) is 6.92 Å². The van der Waals surface area contributed by atoms with Crippen LogP contribution in [0, 0.1) is 5.92 Å². The summed E-state index contributed by atoms with van der Waals surface area (Å²) in [5.74, 6) is -10.5. The van der Waals surface area contributed by atoms with Crippen molar-refractivity contribution in [2.24, 2.45) is 11.7 Å². The number of Topliss-reactive ketones (excluding diaryl/α,β-unsaturated/α-hetero) is 3. The van der Waals surface area contributed by atoms with Crippen LogP contribution < -0.4 is 26.4 Å². The van der Waals surface area contributed by atoms with Gasteiger partial charge in [-0.05, 0) is 31.0 Å². The van der Waals surface area contributed by atoms with E-state index in [2.05, 4.69) is 16.0 Å². The second kappa shape index (κ2) is 29.8. The van der Waals surface area contributed by atoms with E-state index in [9.17, 15) is 110 Å². The average Bonchev–Trinajstić information content (AvgIpc) is 0.715. The second-order valence-corrected chi connectivity index (χ2v) is 22.8. The van der Waals surface area contributed by atoms with Crippen LogP contribution in [-0.4, -0.2) is 243 Å². The van der Waals surface area contributed by atoms with Crippen LogP contribution in [0.3, 0.4) is 0 Å². The predicted octanol–water partition coefficient (Wildman–Crippen LogP) is -5.20. The standard InChI is InChI=1S/C59H74N4O28/c1-22(12-31(67)23(2)61-56(83)52(80)51(79)54(33(69)18-64)91-57-53(81)50(78)47(75)36(19-65)90-57)55(82)62-29(14-38(60)71)32(68)13-25-8-10-26(11-9-25)21-87-58(84)63-30-15-39(88-24(3)44(30)72)89-35-17-59(85,37(70)20-66)16-28-41(35)49(77)43-42(46(28)74)45(73)27-6-5-7-34(86-4)40(27)48(43)76/h5-11,22-24,29-30,33,35-36,39,44,47,50-54,57,64-66,69,72,74-75,77-81,85H,12-21H2,1-4H3,(H2,60,71)(H,61,83)(H,62,82)(H,63,84)/t22?,23?,24-,29?,30-,33+,35?,36+,39?,44+,47-,50-,51-,52+,53+,54-,57-,59+/m0/s1. The van der Waals surface area contributed by atoms with Gasteiger partial charge in [0.1, 0.15) is 84.9 Å². The second-order valence-electron chi connectivity index (χ2n) is 22.8. The smallest absolute Gasteiger partial charge is 0.407 e. The summed E-state index contributed by atoms with van der Waals surface area (Å²) in [7, 11) is 1.26. The number of aliphatic hydroxyl groups excluding tert-OH is 10. The first kappa shape index (κ1) is 70.9. The van der Waals surface area contributed by atoms with E-state index in [1.54, 1.807) is 0 Å². The summed E-state index contributed by atoms with van der Waals surface area (Å²) in [5, 5.41) is 145. The highest BCUT2D eigenvalue weighted by Gasteiger charge is 2.52. The number of aliphatic hydroxyl groups is 11. The molecule has 5 unspecified atom stereocenters. The van der Waals surface area contributed by atoms with Crippen LogP contribution in [0.2, 0.25) is 0 Å². The number of nitrogens with one attached hydrogen (secondary N) is 3. The summed E-state index contributed by atoms with van der Waals surface area (Å²) in [6.07, 6.45) is -28.3. The SMILES string of the molecule is COc1cccc2c1C(=O)c1c(O)c3c(c(O)c1C2=O)C[C@](O)(C(=O)CO)CC3OC1C[C@H](NC(=O)OCc2ccc(CC(=O)C(CC(N)=O)NC(=O)C(C)CC(=O)C(C)NC(=O)[C@H](O)[C@H](O)[C@@H](O[C@@H]3O[C@H](CO)[C@H](O)[C@H](O)[C@H]3O)[C@H](O)CO)cc2)[C@H](O)[C@H](C)O1. The number of aromatic hydroxyl groups is 2. The molecule has 32 nitrogen and oxygen atoms in total. The lowest BCUT2D eigenvalue weighted by Crippen LogP contribution is -2.62. The Kier molecular flexibility index (Phi) is 23.3. The number of carbonyl (C=O) groups excluding carboxylic acids is 9. The highest BCUT2D eigenvalue weighted by Crippen LogP contribution is 2.52. The third kappa shape index (κ3) is 15.5. The Hall–Kier alpha value is -7.51. The van der Waals surface area contributed by atoms with E-state index in [1.165, 1.54) is 63.4 Å². The fourth-order valence-electron chi connectivity index (χ4n) is 11.2. The number of amides is 4. The van der Waals surface area contributed by atoms with Crippen molar-refractivity contribution >= 4 is 52.7 Å². The van der Waals surface area contributed by atoms with Crippen LogP contribution in [0.1, 0.15) is 107 Å². The van der Waals surface area contributed by atoms with E-state index in [1.807, 2.05) is 0 Å². The number of ketones is 5. The van der Waals surface area contributed by atoms with Gasteiger partial charge in [-0.3, -0.25) is 38.4 Å². The summed E-state index contributed by atoms with van der Waals surface area (Å²) in [6, 6.07) is 5.98. The summed E-state index contributed by atoms with van der Waals surface area (Å²) in [4.78, 5) is 119. The Morgan fingerprint density at radius 2 is 1.45 bits per heavy atom. The lowest BCUT2D eigenvalue weighted by atomic mass is 9.72. The number of alkyl carbamates (subject to hydrolysis) is 1. The maximum Gasteiger partial charge on any atom is 0.407 e. The van der Waals surface area contributed by atoms with Crippen LogP contribution in [-0.2, 0) is 71.9 Å². The molecule has 2 aliphatic heterocycles. The van der Waals surface area contributed by atoms with Gasteiger partial charge in [-0.1, -0.05) is 43.3 Å². The van der Waals surface area contributed by atoms with Crippen LogP contribution in [0.5, 0.6) is 17.2 Å². The molecule has 498 valence electrons. The fourth-order valence-corrected chi connectivity index (χ4v) is 11.2. The largest absolute Gasteiger partial charge is 0.507 e. The zero-order chi connectivity index (χ0) is 67.2. The van der Waals surface area contributed by atoms with Gasteiger partial charge in [-0.15, -0.1) is 0 Å². The van der Waals surface area contributed by atoms with Gasteiger partial charge in [0.2, 0.25) is 17.6 Å². The molecule has 4 aliphatic rings. The zero-order valence-electron chi connectivity index (χ0n) is 49.4. The highest BCUT2D eigenvalue weighted by atomic mass is 16.7. The van der Waals surface area contributed by atoms with E-state index in [4.69, 9.17) is 34.2 Å². The monoisotopic (exact) mass is 1290 g/mol. The molecule has 2 heterocycles. The molecule has 3 aromatic carbocycles. The van der Waals surface area contributed by atoms with E-state index < -0.39 is 230 Å². The lowest BCUT2D eigenvalue weighted by molar-refractivity contribution is -0.326. The van der Waals surface area contributed by atoms with Gasteiger partial charge in [-0.25, -0.2) is 4.79 Å². The van der Waals surface area contributed by atoms with Gasteiger partial charge >= 0.3 is 6.09 Å². The Morgan fingerprint density at radius 3 is 2.08 bits per heavy atom. The van der Waals surface area contributed by atoms with Crippen molar-refractivity contribution in [2.45, 2.75) is 169 Å². The lowest BCUT2D eigenvalue weighted by Gasteiger charge is -2.42. The van der Waals surface area contributed by atoms with Crippen molar-refractivity contribution in [3.05, 3.63) is 87.0 Å². The molecule has 0 aromatic heterocycles. The number of fused-ring (bicyclic) bond motifs is 3. The number of benzene rings is 3. The Morgan fingerprint density at radius 1 is 0.791 bits per heavy atom. The molecular formula is C59H74N4O28. The van der Waals surface area contributed by atoms with Crippen molar-refractivity contribution in [1.29, 1.82) is 0 Å². The Bertz CT molecular complexity index is 3230. The maximum absolute atomic E-state index is 14.1.